The van der Waals surface area contributed by atoms with E-state index in [9.17, 15) is 57.4 Å². The Kier molecular flexibility index (Phi) is 11.5. The number of phosphoric acid groups is 4. The lowest BCUT2D eigenvalue weighted by atomic mass is 9.72. The second-order valence-electron chi connectivity index (χ2n) is 9.24. The third kappa shape index (κ3) is 9.66. The molecule has 0 radical (unpaired) electrons. The van der Waals surface area contributed by atoms with Crippen LogP contribution in [0.25, 0.3) is 11.0 Å². The smallest absolute Gasteiger partial charge is 0.382 e. The summed E-state index contributed by atoms with van der Waals surface area (Å²) in [4.78, 5) is 84.8. The highest BCUT2D eigenvalue weighted by Crippen LogP contribution is 2.56. The minimum Gasteiger partial charge on any atom is -0.382 e. The number of para-hydroxylation sites is 1. The molecule has 3 rings (SSSR count). The van der Waals surface area contributed by atoms with Crippen LogP contribution in [0.1, 0.15) is 33.1 Å². The molecule has 0 aliphatic heterocycles. The molecule has 1 saturated carbocycles. The zero-order valence-electron chi connectivity index (χ0n) is 22.3. The summed E-state index contributed by atoms with van der Waals surface area (Å²) in [5.74, 6) is 0. The van der Waals surface area contributed by atoms with Gasteiger partial charge < -0.3 is 48.7 Å². The molecule has 21 nitrogen and oxygen atoms in total. The van der Waals surface area contributed by atoms with Gasteiger partial charge >= 0.3 is 31.3 Å². The number of hydrogen-bond acceptors (Lipinski definition) is 12. The quantitative estimate of drug-likeness (QED) is 0.114. The first-order valence-electron chi connectivity index (χ1n) is 12.3. The average Bonchev–Trinajstić information content (AvgIpc) is 3.23. The van der Waals surface area contributed by atoms with E-state index in [0.29, 0.717) is 0 Å². The molecule has 2 aromatic rings. The summed E-state index contributed by atoms with van der Waals surface area (Å²) in [7, 11) is -23.0. The van der Waals surface area contributed by atoms with E-state index in [2.05, 4.69) is 14.8 Å². The molecule has 1 aliphatic carbocycles. The van der Waals surface area contributed by atoms with Crippen molar-refractivity contribution in [1.82, 2.24) is 15.2 Å². The van der Waals surface area contributed by atoms with Gasteiger partial charge in [-0.2, -0.15) is 0 Å². The number of fused-ring (bicyclic) bond motifs is 1. The number of nitrogens with zero attached hydrogens (tertiary/aromatic N) is 3. The molecule has 1 aromatic heterocycles. The number of benzene rings is 1. The highest BCUT2D eigenvalue weighted by atomic mass is 31.2. The first-order chi connectivity index (χ1) is 19.7. The molecule has 246 valence electrons. The lowest BCUT2D eigenvalue weighted by molar-refractivity contribution is -0.285. The van der Waals surface area contributed by atoms with E-state index in [4.69, 9.17) is 23.1 Å². The molecule has 25 heteroatoms. The molecule has 0 amide bonds. The van der Waals surface area contributed by atoms with E-state index in [1.54, 1.807) is 13.0 Å². The normalized spacial score (nSPS) is 27.4. The van der Waals surface area contributed by atoms with E-state index in [-0.39, 0.29) is 30.5 Å². The highest BCUT2D eigenvalue weighted by Gasteiger charge is 2.68. The molecule has 0 saturated heterocycles. The summed E-state index contributed by atoms with van der Waals surface area (Å²) in [5.41, 5.74) is -2.15. The molecular weight excluding hydrogens is 670 g/mol. The summed E-state index contributed by atoms with van der Waals surface area (Å²) in [6.45, 7) is 2.84. The summed E-state index contributed by atoms with van der Waals surface area (Å²) in [6, 6.07) is 6.09. The first-order valence-corrected chi connectivity index (χ1v) is 18.4. The van der Waals surface area contributed by atoms with Crippen molar-refractivity contribution in [2.75, 3.05) is 6.61 Å². The third-order valence-corrected chi connectivity index (χ3v) is 8.01. The van der Waals surface area contributed by atoms with E-state index in [1.165, 1.54) is 25.1 Å². The van der Waals surface area contributed by atoms with E-state index in [0.717, 1.165) is 4.85 Å². The minimum atomic E-state index is -5.79. The van der Waals surface area contributed by atoms with Gasteiger partial charge in [-0.15, -0.1) is 5.10 Å². The Morgan fingerprint density at radius 1 is 0.744 bits per heavy atom. The van der Waals surface area contributed by atoms with Crippen molar-refractivity contribution < 1.29 is 85.1 Å². The van der Waals surface area contributed by atoms with Crippen molar-refractivity contribution in [3.63, 3.8) is 0 Å². The molecule has 6 unspecified atom stereocenters. The molecule has 43 heavy (non-hydrogen) atoms. The van der Waals surface area contributed by atoms with Crippen LogP contribution in [0.5, 0.6) is 0 Å². The average molecular weight is 701 g/mol. The molecule has 1 fully saturated rings. The maximum absolute atomic E-state index is 12.3. The van der Waals surface area contributed by atoms with Crippen molar-refractivity contribution in [3.8, 4) is 0 Å². The monoisotopic (exact) mass is 701 g/mol. The largest absolute Gasteiger partial charge is 0.470 e. The molecular formula is C18H31N3O18P4. The van der Waals surface area contributed by atoms with Gasteiger partial charge in [0.25, 0.3) is 0 Å². The van der Waals surface area contributed by atoms with Crippen molar-refractivity contribution in [2.24, 2.45) is 0 Å². The summed E-state index contributed by atoms with van der Waals surface area (Å²) in [5, 5.41) is 7.73. The second-order valence-corrected chi connectivity index (χ2v) is 14.0. The molecule has 1 aromatic carbocycles. The van der Waals surface area contributed by atoms with Crippen LogP contribution in [-0.2, 0) is 41.1 Å². The van der Waals surface area contributed by atoms with Crippen LogP contribution < -0.4 is 4.84 Å². The topological polar surface area (TPSA) is 316 Å². The number of aromatic nitrogens is 3. The maximum atomic E-state index is 12.3. The zero-order chi connectivity index (χ0) is 32.4. The van der Waals surface area contributed by atoms with Crippen LogP contribution in [0, 0.1) is 0 Å². The van der Waals surface area contributed by atoms with Crippen molar-refractivity contribution >= 4 is 42.3 Å². The lowest BCUT2D eigenvalue weighted by Crippen LogP contribution is -2.75. The van der Waals surface area contributed by atoms with Gasteiger partial charge in [-0.25, -0.2) is 18.3 Å². The van der Waals surface area contributed by atoms with Crippen LogP contribution >= 0.6 is 31.3 Å². The highest BCUT2D eigenvalue weighted by molar-refractivity contribution is 7.47. The van der Waals surface area contributed by atoms with Gasteiger partial charge in [0.15, 0.2) is 5.60 Å². The second kappa shape index (κ2) is 13.7. The van der Waals surface area contributed by atoms with Crippen LogP contribution in [0.4, 0.5) is 0 Å². The van der Waals surface area contributed by atoms with Crippen molar-refractivity contribution in [2.45, 2.75) is 69.2 Å². The summed E-state index contributed by atoms with van der Waals surface area (Å²) >= 11 is 0. The van der Waals surface area contributed by atoms with Crippen molar-refractivity contribution in [1.29, 1.82) is 0 Å². The number of ether oxygens (including phenoxy) is 1. The van der Waals surface area contributed by atoms with Crippen LogP contribution in [-0.4, -0.2) is 97.0 Å². The Bertz CT molecular complexity index is 1430. The van der Waals surface area contributed by atoms with Crippen LogP contribution in [0.3, 0.4) is 0 Å². The van der Waals surface area contributed by atoms with E-state index < -0.39 is 73.8 Å². The van der Waals surface area contributed by atoms with Crippen LogP contribution in [0.2, 0.25) is 0 Å². The van der Waals surface area contributed by atoms with Gasteiger partial charge in [0, 0.05) is 6.61 Å². The predicted octanol–water partition coefficient (Wildman–Crippen LogP) is 0.119. The van der Waals surface area contributed by atoms with Gasteiger partial charge in [-0.1, -0.05) is 37.2 Å². The van der Waals surface area contributed by atoms with Gasteiger partial charge in [0.1, 0.15) is 41.6 Å². The fraction of sp³-hybridized carbons (Fsp3) is 0.667. The SMILES string of the molecule is CCCOC1C(OP(=O)(O)O)C(OP(=O)(O)O)C(OP(=O)(O)O)C(OP(=O)(O)O)C1(CCC)On1nnc2ccccc21. The Morgan fingerprint density at radius 2 is 1.26 bits per heavy atom. The van der Waals surface area contributed by atoms with Gasteiger partial charge in [-0.05, 0) is 30.2 Å². The number of hydrogen-bond donors (Lipinski definition) is 8. The number of phosphoric ester groups is 4. The summed E-state index contributed by atoms with van der Waals surface area (Å²) in [6.07, 6.45) is -12.5. The van der Waals surface area contributed by atoms with E-state index in [1.807, 2.05) is 0 Å². The molecule has 8 N–H and O–H groups in total. The number of rotatable bonds is 15. The standard InChI is InChI=1S/C18H31N3O18P4/c1-3-9-18(39-21-12-8-6-5-7-11(12)19-20-21)16(34-10-4-2)14(36-41(25,26)27)13(35-40(22,23)24)15(37-42(28,29)30)17(18)38-43(31,32)33/h5-8,13-17H,3-4,9-10H2,1-2H3,(H2,22,23,24)(H2,25,26,27)(H2,28,29,30)(H2,31,32,33). The Labute approximate surface area is 242 Å². The summed E-state index contributed by atoms with van der Waals surface area (Å²) < 4.78 is 73.5. The third-order valence-electron chi connectivity index (χ3n) is 5.96. The minimum absolute atomic E-state index is 0.00505. The fourth-order valence-corrected chi connectivity index (χ4v) is 7.00. The Balaban J connectivity index is 2.44. The Hall–Kier alpha value is -1.18. The Morgan fingerprint density at radius 3 is 1.77 bits per heavy atom. The lowest BCUT2D eigenvalue weighted by Gasteiger charge is -2.54. The van der Waals surface area contributed by atoms with Crippen LogP contribution in [0.15, 0.2) is 24.3 Å². The first kappa shape index (κ1) is 36.3. The molecule has 6 atom stereocenters. The zero-order valence-corrected chi connectivity index (χ0v) is 25.9. The van der Waals surface area contributed by atoms with Gasteiger partial charge in [0.05, 0.1) is 0 Å². The maximum Gasteiger partial charge on any atom is 0.470 e. The molecule has 1 aliphatic rings. The fourth-order valence-electron chi connectivity index (χ4n) is 4.75. The molecule has 1 heterocycles. The molecule has 0 bridgehead atoms. The predicted molar refractivity (Wildman–Crippen MR) is 139 cm³/mol. The van der Waals surface area contributed by atoms with Gasteiger partial charge in [0.2, 0.25) is 0 Å². The van der Waals surface area contributed by atoms with E-state index >= 15 is 0 Å². The van der Waals surface area contributed by atoms with Crippen molar-refractivity contribution in [3.05, 3.63) is 24.3 Å². The van der Waals surface area contributed by atoms with Gasteiger partial charge in [-0.3, -0.25) is 18.1 Å². The molecule has 0 spiro atoms.